The number of benzene rings is 1. The van der Waals surface area contributed by atoms with Gasteiger partial charge in [0.05, 0.1) is 12.7 Å². The summed E-state index contributed by atoms with van der Waals surface area (Å²) >= 11 is 0. The van der Waals surface area contributed by atoms with Crippen LogP contribution in [0.2, 0.25) is 0 Å². The van der Waals surface area contributed by atoms with E-state index in [1.165, 1.54) is 5.56 Å². The minimum atomic E-state index is 0.339. The smallest absolute Gasteiger partial charge is 0.192 e. The summed E-state index contributed by atoms with van der Waals surface area (Å²) in [5, 5.41) is 3.35. The van der Waals surface area contributed by atoms with Crippen LogP contribution in [0.1, 0.15) is 17.9 Å². The van der Waals surface area contributed by atoms with Crippen molar-refractivity contribution in [1.29, 1.82) is 0 Å². The van der Waals surface area contributed by atoms with Crippen molar-refractivity contribution in [1.82, 2.24) is 10.3 Å². The Labute approximate surface area is 106 Å². The number of hydrogen-bond acceptors (Lipinski definition) is 4. The lowest BCUT2D eigenvalue weighted by molar-refractivity contribution is 0.0238. The average Bonchev–Trinajstić information content (AvgIpc) is 2.77. The van der Waals surface area contributed by atoms with E-state index in [0.717, 1.165) is 49.5 Å². The molecule has 0 radical (unpaired) electrons. The lowest BCUT2D eigenvalue weighted by atomic mass is 10.1. The molecule has 1 N–H and O–H groups in total. The molecule has 0 amide bonds. The Morgan fingerprint density at radius 3 is 3.22 bits per heavy atom. The highest BCUT2D eigenvalue weighted by atomic mass is 16.5. The lowest BCUT2D eigenvalue weighted by Crippen LogP contribution is -2.38. The molecule has 1 atom stereocenters. The maximum Gasteiger partial charge on any atom is 0.192 e. The first-order valence-corrected chi connectivity index (χ1v) is 6.50. The second kappa shape index (κ2) is 5.08. The number of morpholine rings is 1. The van der Waals surface area contributed by atoms with E-state index in [9.17, 15) is 0 Å². The van der Waals surface area contributed by atoms with Gasteiger partial charge < -0.3 is 14.5 Å². The van der Waals surface area contributed by atoms with Crippen LogP contribution < -0.4 is 5.32 Å². The third kappa shape index (κ3) is 2.54. The molecule has 18 heavy (non-hydrogen) atoms. The topological polar surface area (TPSA) is 47.3 Å². The van der Waals surface area contributed by atoms with Crippen LogP contribution in [0, 0.1) is 6.92 Å². The molecule has 4 heteroatoms. The minimum Gasteiger partial charge on any atom is -0.441 e. The summed E-state index contributed by atoms with van der Waals surface area (Å²) in [6, 6.07) is 6.24. The van der Waals surface area contributed by atoms with E-state index in [0.29, 0.717) is 6.10 Å². The highest BCUT2D eigenvalue weighted by molar-refractivity contribution is 5.73. The van der Waals surface area contributed by atoms with Crippen LogP contribution in [0.5, 0.6) is 0 Å². The number of aromatic nitrogens is 1. The van der Waals surface area contributed by atoms with Gasteiger partial charge >= 0.3 is 0 Å². The first-order chi connectivity index (χ1) is 8.81. The Balaban J connectivity index is 1.66. The molecule has 0 saturated carbocycles. The molecule has 3 rings (SSSR count). The monoisotopic (exact) mass is 246 g/mol. The van der Waals surface area contributed by atoms with Crippen LogP contribution in [0.4, 0.5) is 0 Å². The van der Waals surface area contributed by atoms with E-state index >= 15 is 0 Å². The number of rotatable bonds is 3. The van der Waals surface area contributed by atoms with Crippen molar-refractivity contribution < 1.29 is 9.15 Å². The van der Waals surface area contributed by atoms with Crippen LogP contribution in [-0.4, -0.2) is 30.8 Å². The zero-order valence-electron chi connectivity index (χ0n) is 10.6. The molecule has 96 valence electrons. The SMILES string of the molecule is Cc1nc2ccc(CCC3CNCCO3)cc2o1. The summed E-state index contributed by atoms with van der Waals surface area (Å²) in [5.41, 5.74) is 3.10. The molecule has 1 fully saturated rings. The quantitative estimate of drug-likeness (QED) is 0.900. The summed E-state index contributed by atoms with van der Waals surface area (Å²) in [6.45, 7) is 4.63. The Morgan fingerprint density at radius 1 is 1.44 bits per heavy atom. The fourth-order valence-electron chi connectivity index (χ4n) is 2.37. The summed E-state index contributed by atoms with van der Waals surface area (Å²) in [7, 11) is 0. The first kappa shape index (κ1) is 11.7. The highest BCUT2D eigenvalue weighted by Crippen LogP contribution is 2.18. The van der Waals surface area contributed by atoms with Gasteiger partial charge in [0.2, 0.25) is 0 Å². The number of oxazole rings is 1. The number of nitrogens with zero attached hydrogens (tertiary/aromatic N) is 1. The zero-order chi connectivity index (χ0) is 12.4. The van der Waals surface area contributed by atoms with E-state index in [4.69, 9.17) is 9.15 Å². The van der Waals surface area contributed by atoms with Crippen molar-refractivity contribution >= 4 is 11.1 Å². The standard InChI is InChI=1S/C14H18N2O2/c1-10-16-13-5-3-11(8-14(13)18-10)2-4-12-9-15-6-7-17-12/h3,5,8,12,15H,2,4,6-7,9H2,1H3. The van der Waals surface area contributed by atoms with E-state index < -0.39 is 0 Å². The van der Waals surface area contributed by atoms with E-state index in [1.54, 1.807) is 0 Å². The first-order valence-electron chi connectivity index (χ1n) is 6.50. The van der Waals surface area contributed by atoms with Crippen LogP contribution in [0.3, 0.4) is 0 Å². The molecular weight excluding hydrogens is 228 g/mol. The molecule has 1 saturated heterocycles. The molecule has 2 heterocycles. The van der Waals surface area contributed by atoms with Crippen molar-refractivity contribution in [2.24, 2.45) is 0 Å². The van der Waals surface area contributed by atoms with Gasteiger partial charge in [-0.25, -0.2) is 4.98 Å². The fourth-order valence-corrected chi connectivity index (χ4v) is 2.37. The van der Waals surface area contributed by atoms with Gasteiger partial charge in [-0.2, -0.15) is 0 Å². The predicted molar refractivity (Wildman–Crippen MR) is 69.7 cm³/mol. The van der Waals surface area contributed by atoms with Crippen molar-refractivity contribution in [2.45, 2.75) is 25.9 Å². The lowest BCUT2D eigenvalue weighted by Gasteiger charge is -2.23. The van der Waals surface area contributed by atoms with Gasteiger partial charge in [0.15, 0.2) is 11.5 Å². The molecule has 1 aromatic heterocycles. The number of nitrogens with one attached hydrogen (secondary N) is 1. The van der Waals surface area contributed by atoms with Gasteiger partial charge in [-0.1, -0.05) is 6.07 Å². The second-order valence-electron chi connectivity index (χ2n) is 4.77. The fraction of sp³-hybridized carbons (Fsp3) is 0.500. The zero-order valence-corrected chi connectivity index (χ0v) is 10.6. The maximum atomic E-state index is 5.69. The van der Waals surface area contributed by atoms with Crippen molar-refractivity contribution in [3.8, 4) is 0 Å². The molecule has 4 nitrogen and oxygen atoms in total. The van der Waals surface area contributed by atoms with Crippen molar-refractivity contribution in [3.63, 3.8) is 0 Å². The molecular formula is C14H18N2O2. The van der Waals surface area contributed by atoms with Gasteiger partial charge in [0.1, 0.15) is 5.52 Å². The van der Waals surface area contributed by atoms with Crippen molar-refractivity contribution in [2.75, 3.05) is 19.7 Å². The molecule has 0 spiro atoms. The van der Waals surface area contributed by atoms with Crippen LogP contribution in [-0.2, 0) is 11.2 Å². The number of fused-ring (bicyclic) bond motifs is 1. The predicted octanol–water partition coefficient (Wildman–Crippen LogP) is 2.06. The van der Waals surface area contributed by atoms with E-state index in [2.05, 4.69) is 22.4 Å². The second-order valence-corrected chi connectivity index (χ2v) is 4.77. The van der Waals surface area contributed by atoms with Gasteiger partial charge in [0.25, 0.3) is 0 Å². The summed E-state index contributed by atoms with van der Waals surface area (Å²) in [6.07, 6.45) is 2.40. The molecule has 0 bridgehead atoms. The maximum absolute atomic E-state index is 5.69. The summed E-state index contributed by atoms with van der Waals surface area (Å²) in [5.74, 6) is 0.724. The van der Waals surface area contributed by atoms with Gasteiger partial charge in [-0.3, -0.25) is 0 Å². The average molecular weight is 246 g/mol. The third-order valence-electron chi connectivity index (χ3n) is 3.32. The number of hydrogen-bond donors (Lipinski definition) is 1. The molecule has 1 aliphatic rings. The third-order valence-corrected chi connectivity index (χ3v) is 3.32. The van der Waals surface area contributed by atoms with Crippen LogP contribution in [0.25, 0.3) is 11.1 Å². The molecule has 1 aromatic carbocycles. The highest BCUT2D eigenvalue weighted by Gasteiger charge is 2.13. The van der Waals surface area contributed by atoms with E-state index in [-0.39, 0.29) is 0 Å². The van der Waals surface area contributed by atoms with Crippen LogP contribution in [0.15, 0.2) is 22.6 Å². The van der Waals surface area contributed by atoms with Gasteiger partial charge in [-0.05, 0) is 30.5 Å². The normalized spacial score (nSPS) is 20.4. The van der Waals surface area contributed by atoms with Gasteiger partial charge in [0, 0.05) is 20.0 Å². The van der Waals surface area contributed by atoms with E-state index in [1.807, 2.05) is 13.0 Å². The Hall–Kier alpha value is -1.39. The summed E-state index contributed by atoms with van der Waals surface area (Å²) < 4.78 is 11.2. The Morgan fingerprint density at radius 2 is 2.39 bits per heavy atom. The molecule has 1 unspecified atom stereocenters. The molecule has 0 aliphatic carbocycles. The van der Waals surface area contributed by atoms with Crippen molar-refractivity contribution in [3.05, 3.63) is 29.7 Å². The number of aryl methyl sites for hydroxylation is 2. The van der Waals surface area contributed by atoms with Crippen LogP contribution >= 0.6 is 0 Å². The molecule has 2 aromatic rings. The molecule has 1 aliphatic heterocycles. The Kier molecular flexibility index (Phi) is 3.30. The summed E-state index contributed by atoms with van der Waals surface area (Å²) in [4.78, 5) is 4.30. The minimum absolute atomic E-state index is 0.339. The Bertz CT molecular complexity index is 530. The number of ether oxygens (including phenoxy) is 1. The van der Waals surface area contributed by atoms with Gasteiger partial charge in [-0.15, -0.1) is 0 Å². The largest absolute Gasteiger partial charge is 0.441 e.